The second-order valence-electron chi connectivity index (χ2n) is 6.21. The van der Waals surface area contributed by atoms with Crippen molar-refractivity contribution in [3.05, 3.63) is 59.7 Å². The van der Waals surface area contributed by atoms with E-state index in [1.165, 1.54) is 12.1 Å². The molecule has 0 fully saturated rings. The second-order valence-corrected chi connectivity index (χ2v) is 6.21. The van der Waals surface area contributed by atoms with E-state index in [0.717, 1.165) is 11.3 Å². The van der Waals surface area contributed by atoms with Crippen LogP contribution in [0.5, 0.6) is 11.5 Å². The lowest BCUT2D eigenvalue weighted by Gasteiger charge is -2.12. The minimum Gasteiger partial charge on any atom is -0.493 e. The molecule has 3 rings (SSSR count). The van der Waals surface area contributed by atoms with Crippen LogP contribution >= 0.6 is 0 Å². The van der Waals surface area contributed by atoms with E-state index in [1.54, 1.807) is 25.3 Å². The number of nitrogens with zero attached hydrogens (tertiary/aromatic N) is 2. The lowest BCUT2D eigenvalue weighted by atomic mass is 10.1. The number of rotatable bonds is 7. The number of benzene rings is 2. The Labute approximate surface area is 163 Å². The summed E-state index contributed by atoms with van der Waals surface area (Å²) in [6.07, 6.45) is 0.710. The third-order valence-electron chi connectivity index (χ3n) is 4.35. The predicted octanol–water partition coefficient (Wildman–Crippen LogP) is 2.43. The highest BCUT2D eigenvalue weighted by atomic mass is 16.5. The third-order valence-corrected chi connectivity index (χ3v) is 4.35. The first-order valence-electron chi connectivity index (χ1n) is 8.90. The molecule has 0 aliphatic carbocycles. The van der Waals surface area contributed by atoms with Gasteiger partial charge in [0.1, 0.15) is 0 Å². The lowest BCUT2D eigenvalue weighted by Crippen LogP contribution is -2.29. The molecule has 0 unspecified atom stereocenters. The molecule has 0 N–H and O–H groups in total. The number of carbonyl (C=O) groups excluding carboxylic acids is 2. The summed E-state index contributed by atoms with van der Waals surface area (Å²) in [6.45, 7) is 0.147. The van der Waals surface area contributed by atoms with Crippen LogP contribution in [-0.2, 0) is 20.7 Å². The zero-order valence-electron chi connectivity index (χ0n) is 15.9. The number of ether oxygens (including phenoxy) is 3. The number of esters is 1. The molecule has 0 atom stereocenters. The fourth-order valence-electron chi connectivity index (χ4n) is 2.90. The molecule has 0 saturated heterocycles. The SMILES string of the molecule is COc1ccc(CC(=O)OCC(=O)N2CCC(c3ccccc3)=N2)cc1OC. The van der Waals surface area contributed by atoms with E-state index < -0.39 is 5.97 Å². The van der Waals surface area contributed by atoms with Crippen molar-refractivity contribution in [1.29, 1.82) is 0 Å². The molecule has 2 aromatic carbocycles. The Morgan fingerprint density at radius 3 is 2.50 bits per heavy atom. The van der Waals surface area contributed by atoms with Gasteiger partial charge < -0.3 is 14.2 Å². The van der Waals surface area contributed by atoms with Crippen molar-refractivity contribution >= 4 is 17.6 Å². The van der Waals surface area contributed by atoms with Crippen molar-refractivity contribution < 1.29 is 23.8 Å². The fraction of sp³-hybridized carbons (Fsp3) is 0.286. The lowest BCUT2D eigenvalue weighted by molar-refractivity contribution is -0.151. The monoisotopic (exact) mass is 382 g/mol. The Kier molecular flexibility index (Phi) is 6.26. The van der Waals surface area contributed by atoms with Crippen LogP contribution in [0.15, 0.2) is 53.6 Å². The van der Waals surface area contributed by atoms with Gasteiger partial charge in [-0.15, -0.1) is 0 Å². The molecule has 2 aromatic rings. The largest absolute Gasteiger partial charge is 0.493 e. The van der Waals surface area contributed by atoms with Gasteiger partial charge in [0.05, 0.1) is 32.9 Å². The number of hydrazone groups is 1. The van der Waals surface area contributed by atoms with Crippen LogP contribution in [-0.4, -0.2) is 50.0 Å². The molecule has 7 heteroatoms. The van der Waals surface area contributed by atoms with Crippen LogP contribution in [0.2, 0.25) is 0 Å². The van der Waals surface area contributed by atoms with Crippen LogP contribution in [0.25, 0.3) is 0 Å². The average Bonchev–Trinajstić information content (AvgIpc) is 3.23. The van der Waals surface area contributed by atoms with Gasteiger partial charge in [0.15, 0.2) is 18.1 Å². The molecule has 0 spiro atoms. The molecule has 7 nitrogen and oxygen atoms in total. The van der Waals surface area contributed by atoms with E-state index in [-0.39, 0.29) is 18.9 Å². The van der Waals surface area contributed by atoms with Crippen molar-refractivity contribution in [3.8, 4) is 11.5 Å². The predicted molar refractivity (Wildman–Crippen MR) is 104 cm³/mol. The van der Waals surface area contributed by atoms with Crippen molar-refractivity contribution in [2.24, 2.45) is 5.10 Å². The van der Waals surface area contributed by atoms with E-state index >= 15 is 0 Å². The molecule has 1 heterocycles. The standard InChI is InChI=1S/C21H22N2O5/c1-26-18-9-8-15(12-19(18)27-2)13-21(25)28-14-20(24)23-11-10-17(22-23)16-6-4-3-5-7-16/h3-9,12H,10-11,13-14H2,1-2H3. The first kappa shape index (κ1) is 19.4. The molecule has 1 aliphatic rings. The second kappa shape index (κ2) is 9.03. The van der Waals surface area contributed by atoms with Crippen LogP contribution < -0.4 is 9.47 Å². The molecular formula is C21H22N2O5. The van der Waals surface area contributed by atoms with E-state index in [0.29, 0.717) is 30.0 Å². The van der Waals surface area contributed by atoms with Gasteiger partial charge >= 0.3 is 5.97 Å². The summed E-state index contributed by atoms with van der Waals surface area (Å²) in [6, 6.07) is 14.9. The van der Waals surface area contributed by atoms with Crippen LogP contribution in [0.1, 0.15) is 17.5 Å². The molecule has 0 bridgehead atoms. The number of hydrogen-bond acceptors (Lipinski definition) is 6. The fourth-order valence-corrected chi connectivity index (χ4v) is 2.90. The first-order valence-corrected chi connectivity index (χ1v) is 8.90. The molecular weight excluding hydrogens is 360 g/mol. The topological polar surface area (TPSA) is 77.4 Å². The maximum absolute atomic E-state index is 12.3. The zero-order chi connectivity index (χ0) is 19.9. The molecule has 0 saturated carbocycles. The molecule has 1 amide bonds. The van der Waals surface area contributed by atoms with E-state index in [9.17, 15) is 9.59 Å². The number of methoxy groups -OCH3 is 2. The minimum absolute atomic E-state index is 0.0339. The highest BCUT2D eigenvalue weighted by molar-refractivity contribution is 6.02. The Morgan fingerprint density at radius 2 is 1.79 bits per heavy atom. The number of carbonyl (C=O) groups is 2. The summed E-state index contributed by atoms with van der Waals surface area (Å²) in [7, 11) is 3.07. The van der Waals surface area contributed by atoms with Crippen LogP contribution in [0.3, 0.4) is 0 Å². The van der Waals surface area contributed by atoms with Crippen molar-refractivity contribution in [1.82, 2.24) is 5.01 Å². The Balaban J connectivity index is 1.52. The smallest absolute Gasteiger partial charge is 0.310 e. The van der Waals surface area contributed by atoms with Gasteiger partial charge in [0.2, 0.25) is 0 Å². The number of hydrogen-bond donors (Lipinski definition) is 0. The summed E-state index contributed by atoms with van der Waals surface area (Å²) >= 11 is 0. The Morgan fingerprint density at radius 1 is 1.04 bits per heavy atom. The normalized spacial score (nSPS) is 13.1. The van der Waals surface area contributed by atoms with Crippen molar-refractivity contribution in [2.75, 3.05) is 27.4 Å². The molecule has 1 aliphatic heterocycles. The van der Waals surface area contributed by atoms with Crippen molar-refractivity contribution in [3.63, 3.8) is 0 Å². The first-order chi connectivity index (χ1) is 13.6. The van der Waals surface area contributed by atoms with Gasteiger partial charge in [-0.25, -0.2) is 5.01 Å². The minimum atomic E-state index is -0.493. The van der Waals surface area contributed by atoms with Crippen LogP contribution in [0, 0.1) is 0 Å². The summed E-state index contributed by atoms with van der Waals surface area (Å²) in [5.41, 5.74) is 2.55. The summed E-state index contributed by atoms with van der Waals surface area (Å²) in [4.78, 5) is 24.3. The summed E-state index contributed by atoms with van der Waals surface area (Å²) in [5, 5.41) is 5.69. The highest BCUT2D eigenvalue weighted by Crippen LogP contribution is 2.27. The van der Waals surface area contributed by atoms with E-state index in [4.69, 9.17) is 14.2 Å². The maximum Gasteiger partial charge on any atom is 0.310 e. The summed E-state index contributed by atoms with van der Waals surface area (Å²) < 4.78 is 15.5. The van der Waals surface area contributed by atoms with Gasteiger partial charge in [-0.2, -0.15) is 5.10 Å². The van der Waals surface area contributed by atoms with Gasteiger partial charge in [0, 0.05) is 6.42 Å². The number of amides is 1. The Hall–Kier alpha value is -3.35. The highest BCUT2D eigenvalue weighted by Gasteiger charge is 2.22. The van der Waals surface area contributed by atoms with Gasteiger partial charge in [-0.1, -0.05) is 36.4 Å². The average molecular weight is 382 g/mol. The molecule has 146 valence electrons. The Bertz CT molecular complexity index is 880. The molecule has 0 aromatic heterocycles. The third kappa shape index (κ3) is 4.68. The van der Waals surface area contributed by atoms with E-state index in [1.807, 2.05) is 30.3 Å². The summed E-state index contributed by atoms with van der Waals surface area (Å²) in [5.74, 6) is 0.276. The van der Waals surface area contributed by atoms with Crippen molar-refractivity contribution in [2.45, 2.75) is 12.8 Å². The van der Waals surface area contributed by atoms with Gasteiger partial charge in [0.25, 0.3) is 5.91 Å². The molecule has 0 radical (unpaired) electrons. The van der Waals surface area contributed by atoms with Gasteiger partial charge in [-0.3, -0.25) is 9.59 Å². The van der Waals surface area contributed by atoms with E-state index in [2.05, 4.69) is 5.10 Å². The maximum atomic E-state index is 12.3. The zero-order valence-corrected chi connectivity index (χ0v) is 15.9. The van der Waals surface area contributed by atoms with Gasteiger partial charge in [-0.05, 0) is 23.3 Å². The quantitative estimate of drug-likeness (QED) is 0.688. The molecule has 28 heavy (non-hydrogen) atoms. The van der Waals surface area contributed by atoms with Crippen LogP contribution in [0.4, 0.5) is 0 Å².